The number of rotatable bonds is 5. The summed E-state index contributed by atoms with van der Waals surface area (Å²) in [5, 5.41) is 7.39. The standard InChI is InChI=1S/C24H26F3N5O/c1-17-23(18(2)32(29-17)21-6-4-3-5-7-21)31-14-12-30(13-15-31)16-22(33)28-20-10-8-19(9-11-20)24(25,26)27/h3-11H,12-16H2,1-2H3,(H,28,33). The molecule has 1 fully saturated rings. The Labute approximate surface area is 190 Å². The van der Waals surface area contributed by atoms with Gasteiger partial charge in [-0.25, -0.2) is 4.68 Å². The molecule has 174 valence electrons. The van der Waals surface area contributed by atoms with Gasteiger partial charge in [-0.3, -0.25) is 9.69 Å². The van der Waals surface area contributed by atoms with Gasteiger partial charge in [0, 0.05) is 31.9 Å². The average molecular weight is 458 g/mol. The number of anilines is 2. The highest BCUT2D eigenvalue weighted by molar-refractivity contribution is 5.92. The summed E-state index contributed by atoms with van der Waals surface area (Å²) >= 11 is 0. The van der Waals surface area contributed by atoms with Crippen LogP contribution in [-0.4, -0.2) is 53.3 Å². The van der Waals surface area contributed by atoms with E-state index in [4.69, 9.17) is 5.10 Å². The molecule has 33 heavy (non-hydrogen) atoms. The van der Waals surface area contributed by atoms with Crippen LogP contribution in [0.25, 0.3) is 5.69 Å². The maximum atomic E-state index is 12.7. The van der Waals surface area contributed by atoms with Gasteiger partial charge in [-0.1, -0.05) is 18.2 Å². The molecule has 4 rings (SSSR count). The van der Waals surface area contributed by atoms with Crippen LogP contribution in [0.1, 0.15) is 17.0 Å². The van der Waals surface area contributed by atoms with Crippen molar-refractivity contribution in [3.05, 3.63) is 71.5 Å². The van der Waals surface area contributed by atoms with E-state index < -0.39 is 11.7 Å². The van der Waals surface area contributed by atoms with Crippen molar-refractivity contribution in [2.75, 3.05) is 42.9 Å². The van der Waals surface area contributed by atoms with E-state index in [9.17, 15) is 18.0 Å². The number of halogens is 3. The van der Waals surface area contributed by atoms with Crippen molar-refractivity contribution >= 4 is 17.3 Å². The second-order valence-corrected chi connectivity index (χ2v) is 8.15. The molecule has 0 bridgehead atoms. The lowest BCUT2D eigenvalue weighted by molar-refractivity contribution is -0.137. The Morgan fingerprint density at radius 1 is 0.970 bits per heavy atom. The molecule has 1 aromatic heterocycles. The smallest absolute Gasteiger partial charge is 0.366 e. The molecule has 0 radical (unpaired) electrons. The van der Waals surface area contributed by atoms with Crippen LogP contribution < -0.4 is 10.2 Å². The quantitative estimate of drug-likeness (QED) is 0.622. The second-order valence-electron chi connectivity index (χ2n) is 8.15. The van der Waals surface area contributed by atoms with Crippen molar-refractivity contribution in [2.45, 2.75) is 20.0 Å². The van der Waals surface area contributed by atoms with Crippen molar-refractivity contribution in [2.24, 2.45) is 0 Å². The Hall–Kier alpha value is -3.33. The number of amides is 1. The number of alkyl halides is 3. The summed E-state index contributed by atoms with van der Waals surface area (Å²) < 4.78 is 40.0. The maximum Gasteiger partial charge on any atom is 0.416 e. The fraction of sp³-hybridized carbons (Fsp3) is 0.333. The largest absolute Gasteiger partial charge is 0.416 e. The van der Waals surface area contributed by atoms with E-state index in [1.54, 1.807) is 0 Å². The minimum Gasteiger partial charge on any atom is -0.366 e. The topological polar surface area (TPSA) is 53.4 Å². The Morgan fingerprint density at radius 2 is 1.61 bits per heavy atom. The van der Waals surface area contributed by atoms with Gasteiger partial charge in [-0.05, 0) is 50.2 Å². The first kappa shape index (κ1) is 22.8. The second kappa shape index (κ2) is 9.27. The lowest BCUT2D eigenvalue weighted by Crippen LogP contribution is -2.49. The Bertz CT molecular complexity index is 1100. The van der Waals surface area contributed by atoms with Crippen molar-refractivity contribution in [3.63, 3.8) is 0 Å². The third-order valence-electron chi connectivity index (χ3n) is 5.81. The molecule has 0 spiro atoms. The number of piperazine rings is 1. The number of nitrogens with one attached hydrogen (secondary N) is 1. The van der Waals surface area contributed by atoms with Crippen LogP contribution in [0.2, 0.25) is 0 Å². The predicted octanol–water partition coefficient (Wildman–Crippen LogP) is 4.27. The average Bonchev–Trinajstić information content (AvgIpc) is 3.08. The Kier molecular flexibility index (Phi) is 6.42. The zero-order chi connectivity index (χ0) is 23.6. The molecule has 0 atom stereocenters. The third-order valence-corrected chi connectivity index (χ3v) is 5.81. The molecule has 0 saturated carbocycles. The van der Waals surface area contributed by atoms with E-state index in [-0.39, 0.29) is 12.5 Å². The molecule has 6 nitrogen and oxygen atoms in total. The molecule has 2 heterocycles. The van der Waals surface area contributed by atoms with Gasteiger partial charge in [0.25, 0.3) is 0 Å². The summed E-state index contributed by atoms with van der Waals surface area (Å²) in [6.45, 7) is 7.19. The van der Waals surface area contributed by atoms with Gasteiger partial charge in [0.15, 0.2) is 0 Å². The number of hydrogen-bond acceptors (Lipinski definition) is 4. The summed E-state index contributed by atoms with van der Waals surface area (Å²) in [5.74, 6) is -0.243. The molecule has 1 saturated heterocycles. The maximum absolute atomic E-state index is 12.7. The van der Waals surface area contributed by atoms with Crippen molar-refractivity contribution in [3.8, 4) is 5.69 Å². The lowest BCUT2D eigenvalue weighted by Gasteiger charge is -2.35. The number of carbonyl (C=O) groups is 1. The minimum atomic E-state index is -4.39. The zero-order valence-corrected chi connectivity index (χ0v) is 18.6. The van der Waals surface area contributed by atoms with Gasteiger partial charge in [-0.15, -0.1) is 0 Å². The van der Waals surface area contributed by atoms with E-state index in [0.717, 1.165) is 48.0 Å². The van der Waals surface area contributed by atoms with Crippen LogP contribution in [0.15, 0.2) is 54.6 Å². The van der Waals surface area contributed by atoms with Gasteiger partial charge < -0.3 is 10.2 Å². The number of nitrogens with zero attached hydrogens (tertiary/aromatic N) is 4. The summed E-state index contributed by atoms with van der Waals surface area (Å²) in [7, 11) is 0. The van der Waals surface area contributed by atoms with E-state index in [1.165, 1.54) is 12.1 Å². The molecule has 2 aromatic carbocycles. The molecule has 1 aliphatic heterocycles. The van der Waals surface area contributed by atoms with Gasteiger partial charge in [0.2, 0.25) is 5.91 Å². The van der Waals surface area contributed by atoms with Crippen molar-refractivity contribution in [1.82, 2.24) is 14.7 Å². The summed E-state index contributed by atoms with van der Waals surface area (Å²) in [5.41, 5.74) is 3.79. The number of aryl methyl sites for hydroxylation is 1. The van der Waals surface area contributed by atoms with Crippen LogP contribution in [0.5, 0.6) is 0 Å². The highest BCUT2D eigenvalue weighted by atomic mass is 19.4. The minimum absolute atomic E-state index is 0.191. The van der Waals surface area contributed by atoms with Crippen LogP contribution in [-0.2, 0) is 11.0 Å². The fourth-order valence-corrected chi connectivity index (χ4v) is 4.19. The van der Waals surface area contributed by atoms with Gasteiger partial charge in [0.05, 0.1) is 34.9 Å². The zero-order valence-electron chi connectivity index (χ0n) is 18.6. The monoisotopic (exact) mass is 457 g/mol. The van der Waals surface area contributed by atoms with Gasteiger partial charge >= 0.3 is 6.18 Å². The highest BCUT2D eigenvalue weighted by Gasteiger charge is 2.30. The number of carbonyl (C=O) groups excluding carboxylic acids is 1. The van der Waals surface area contributed by atoms with Gasteiger partial charge in [-0.2, -0.15) is 18.3 Å². The van der Waals surface area contributed by atoms with E-state index in [0.29, 0.717) is 18.8 Å². The fourth-order valence-electron chi connectivity index (χ4n) is 4.19. The lowest BCUT2D eigenvalue weighted by atomic mass is 10.2. The predicted molar refractivity (Wildman–Crippen MR) is 122 cm³/mol. The first-order chi connectivity index (χ1) is 15.7. The first-order valence-corrected chi connectivity index (χ1v) is 10.8. The molecule has 9 heteroatoms. The number of hydrogen-bond donors (Lipinski definition) is 1. The summed E-state index contributed by atoms with van der Waals surface area (Å²) in [6.07, 6.45) is -4.39. The van der Waals surface area contributed by atoms with E-state index >= 15 is 0 Å². The molecule has 1 amide bonds. The first-order valence-electron chi connectivity index (χ1n) is 10.8. The van der Waals surface area contributed by atoms with Gasteiger partial charge in [0.1, 0.15) is 0 Å². The molecule has 1 N–H and O–H groups in total. The van der Waals surface area contributed by atoms with Crippen molar-refractivity contribution in [1.29, 1.82) is 0 Å². The number of aromatic nitrogens is 2. The molecule has 1 aliphatic rings. The van der Waals surface area contributed by atoms with Crippen LogP contribution >= 0.6 is 0 Å². The SMILES string of the molecule is Cc1nn(-c2ccccc2)c(C)c1N1CCN(CC(=O)Nc2ccc(C(F)(F)F)cc2)CC1. The summed E-state index contributed by atoms with van der Waals surface area (Å²) in [6, 6.07) is 14.5. The van der Waals surface area contributed by atoms with E-state index in [2.05, 4.69) is 17.1 Å². The van der Waals surface area contributed by atoms with E-state index in [1.807, 2.05) is 46.8 Å². The molecule has 0 unspecified atom stereocenters. The van der Waals surface area contributed by atoms with Crippen molar-refractivity contribution < 1.29 is 18.0 Å². The van der Waals surface area contributed by atoms with Crippen LogP contribution in [0.4, 0.5) is 24.5 Å². The molecule has 3 aromatic rings. The van der Waals surface area contributed by atoms with Crippen LogP contribution in [0, 0.1) is 13.8 Å². The number of benzene rings is 2. The Balaban J connectivity index is 1.33. The number of para-hydroxylation sites is 1. The third kappa shape index (κ3) is 5.19. The van der Waals surface area contributed by atoms with Crippen LogP contribution in [0.3, 0.4) is 0 Å². The Morgan fingerprint density at radius 3 is 2.21 bits per heavy atom. The molecule has 0 aliphatic carbocycles. The molecular weight excluding hydrogens is 431 g/mol. The summed E-state index contributed by atoms with van der Waals surface area (Å²) in [4.78, 5) is 16.7. The normalized spacial score (nSPS) is 15.0. The molecular formula is C24H26F3N5O. The highest BCUT2D eigenvalue weighted by Crippen LogP contribution is 2.30.